The molecule has 0 spiro atoms. The second-order valence-corrected chi connectivity index (χ2v) is 10.3. The highest BCUT2D eigenvalue weighted by molar-refractivity contribution is 7.90. The normalized spacial score (nSPS) is 13.7. The third-order valence-electron chi connectivity index (χ3n) is 5.29. The Morgan fingerprint density at radius 1 is 1.14 bits per heavy atom. The minimum absolute atomic E-state index is 0.163. The summed E-state index contributed by atoms with van der Waals surface area (Å²) >= 11 is 0.728. The number of nitrogens with zero attached hydrogens (tertiary/aromatic N) is 1. The molecule has 2 amide bonds. The van der Waals surface area contributed by atoms with Crippen LogP contribution in [0.4, 0.5) is 18.9 Å². The van der Waals surface area contributed by atoms with E-state index in [1.165, 1.54) is 5.38 Å². The van der Waals surface area contributed by atoms with E-state index in [-0.39, 0.29) is 21.8 Å². The molecule has 8 nitrogen and oxygen atoms in total. The molecule has 0 aliphatic carbocycles. The third-order valence-corrected chi connectivity index (χ3v) is 7.95. The first-order chi connectivity index (χ1) is 16.5. The molecule has 0 saturated carbocycles. The third kappa shape index (κ3) is 4.17. The van der Waals surface area contributed by atoms with Crippen molar-refractivity contribution in [2.24, 2.45) is 0 Å². The van der Waals surface area contributed by atoms with Crippen LogP contribution in [0.5, 0.6) is 5.75 Å². The van der Waals surface area contributed by atoms with Crippen molar-refractivity contribution < 1.29 is 45.8 Å². The molecule has 3 aromatic rings. The molecule has 2 aromatic carbocycles. The van der Waals surface area contributed by atoms with Gasteiger partial charge in [0.15, 0.2) is 21.5 Å². The second-order valence-electron chi connectivity index (χ2n) is 7.40. The van der Waals surface area contributed by atoms with Crippen molar-refractivity contribution in [3.63, 3.8) is 0 Å². The highest BCUT2D eigenvalue weighted by Gasteiger charge is 2.38. The molecule has 1 aromatic heterocycles. The summed E-state index contributed by atoms with van der Waals surface area (Å²) in [4.78, 5) is 36.6. The fraction of sp³-hybridized carbons (Fsp3) is 0.136. The number of anilines is 1. The van der Waals surface area contributed by atoms with Gasteiger partial charge in [0.1, 0.15) is 16.4 Å². The number of carbonyl (C=O) groups is 3. The average Bonchev–Trinajstić information content (AvgIpc) is 3.22. The summed E-state index contributed by atoms with van der Waals surface area (Å²) in [5.41, 5.74) is -1.45. The zero-order chi connectivity index (χ0) is 25.7. The van der Waals surface area contributed by atoms with Crippen LogP contribution in [0, 0.1) is 17.5 Å². The van der Waals surface area contributed by atoms with Gasteiger partial charge in [0.2, 0.25) is 5.91 Å². The summed E-state index contributed by atoms with van der Waals surface area (Å²) in [7, 11) is -3.33. The monoisotopic (exact) mass is 525 g/mol. The Balaban J connectivity index is 1.78. The van der Waals surface area contributed by atoms with Gasteiger partial charge < -0.3 is 9.84 Å². The Kier molecular flexibility index (Phi) is 6.15. The molecule has 4 rings (SSSR count). The first kappa shape index (κ1) is 24.4. The zero-order valence-corrected chi connectivity index (χ0v) is 19.3. The van der Waals surface area contributed by atoms with Gasteiger partial charge in [0.05, 0.1) is 35.4 Å². The van der Waals surface area contributed by atoms with Crippen molar-refractivity contribution in [1.82, 2.24) is 0 Å². The van der Waals surface area contributed by atoms with Crippen LogP contribution in [0.1, 0.15) is 31.2 Å². The Hall–Kier alpha value is -3.71. The van der Waals surface area contributed by atoms with Crippen molar-refractivity contribution in [3.8, 4) is 5.75 Å². The summed E-state index contributed by atoms with van der Waals surface area (Å²) in [6.45, 7) is 0. The molecule has 1 aliphatic rings. The largest absolute Gasteiger partial charge is 0.496 e. The second kappa shape index (κ2) is 8.82. The summed E-state index contributed by atoms with van der Waals surface area (Å²) < 4.78 is 73.7. The van der Waals surface area contributed by atoms with Crippen molar-refractivity contribution in [2.75, 3.05) is 12.0 Å². The lowest BCUT2D eigenvalue weighted by molar-refractivity contribution is -0.117. The van der Waals surface area contributed by atoms with Crippen LogP contribution in [0.3, 0.4) is 0 Å². The number of hydrogen-bond acceptors (Lipinski definition) is 7. The van der Waals surface area contributed by atoms with Crippen LogP contribution in [0.2, 0.25) is 0 Å². The van der Waals surface area contributed by atoms with E-state index < -0.39 is 73.4 Å². The molecule has 2 heterocycles. The summed E-state index contributed by atoms with van der Waals surface area (Å²) in [6.07, 6.45) is -0.410. The number of carboxylic acid groups (broad SMARTS) is 1. The molecule has 13 heteroatoms. The standard InChI is InChI=1S/C22H14F3NO7S2/c1-33-16-5-4-14(24)19(25)12(16)9-35(31,32)11-2-3-13(23)15(7-11)26-17(27)6-10-8-34-20(22(29)30)18(10)21(26)28/h2-5,7-8H,6,9H2,1H3,(H,29,30). The number of carbonyl (C=O) groups excluding carboxylic acids is 2. The minimum Gasteiger partial charge on any atom is -0.496 e. The maximum atomic E-state index is 14.7. The number of thiophene rings is 1. The Morgan fingerprint density at radius 3 is 2.49 bits per heavy atom. The maximum Gasteiger partial charge on any atom is 0.346 e. The van der Waals surface area contributed by atoms with Crippen LogP contribution in [-0.2, 0) is 26.8 Å². The smallest absolute Gasteiger partial charge is 0.346 e. The lowest BCUT2D eigenvalue weighted by Crippen LogP contribution is -2.43. The number of methoxy groups -OCH3 is 1. The molecule has 0 fully saturated rings. The van der Waals surface area contributed by atoms with Gasteiger partial charge in [-0.25, -0.2) is 31.3 Å². The quantitative estimate of drug-likeness (QED) is 0.386. The molecule has 1 aliphatic heterocycles. The Morgan fingerprint density at radius 2 is 1.83 bits per heavy atom. The fourth-order valence-electron chi connectivity index (χ4n) is 3.66. The summed E-state index contributed by atoms with van der Waals surface area (Å²) in [5, 5.41) is 10.7. The molecule has 0 saturated heterocycles. The van der Waals surface area contributed by atoms with E-state index >= 15 is 0 Å². The van der Waals surface area contributed by atoms with Gasteiger partial charge in [-0.2, -0.15) is 0 Å². The number of benzene rings is 2. The average molecular weight is 525 g/mol. The first-order valence-electron chi connectivity index (χ1n) is 9.70. The van der Waals surface area contributed by atoms with Gasteiger partial charge in [0.25, 0.3) is 5.91 Å². The fourth-order valence-corrected chi connectivity index (χ4v) is 5.94. The van der Waals surface area contributed by atoms with Crippen LogP contribution in [-0.4, -0.2) is 38.4 Å². The number of ether oxygens (including phenoxy) is 1. The summed E-state index contributed by atoms with van der Waals surface area (Å²) in [5.74, 6) is -8.61. The minimum atomic E-state index is -4.46. The Labute approximate surface area is 200 Å². The molecule has 0 atom stereocenters. The number of amides is 2. The van der Waals surface area contributed by atoms with Crippen molar-refractivity contribution in [1.29, 1.82) is 0 Å². The molecular formula is C22H14F3NO7S2. The van der Waals surface area contributed by atoms with Crippen molar-refractivity contribution in [3.05, 3.63) is 74.7 Å². The lowest BCUT2D eigenvalue weighted by atomic mass is 10.0. The Bertz CT molecular complexity index is 1520. The van der Waals surface area contributed by atoms with Crippen molar-refractivity contribution in [2.45, 2.75) is 17.1 Å². The van der Waals surface area contributed by atoms with Crippen LogP contribution < -0.4 is 9.64 Å². The number of fused-ring (bicyclic) bond motifs is 1. The molecule has 0 bridgehead atoms. The predicted molar refractivity (Wildman–Crippen MR) is 117 cm³/mol. The molecule has 182 valence electrons. The van der Waals surface area contributed by atoms with Gasteiger partial charge >= 0.3 is 5.97 Å². The van der Waals surface area contributed by atoms with E-state index in [1.54, 1.807) is 0 Å². The number of imide groups is 1. The molecule has 0 unspecified atom stereocenters. The van der Waals surface area contributed by atoms with E-state index in [2.05, 4.69) is 0 Å². The van der Waals surface area contributed by atoms with Crippen LogP contribution in [0.15, 0.2) is 40.6 Å². The molecule has 35 heavy (non-hydrogen) atoms. The zero-order valence-electron chi connectivity index (χ0n) is 17.7. The number of aromatic carboxylic acids is 1. The van der Waals surface area contributed by atoms with Crippen LogP contribution in [0.25, 0.3) is 0 Å². The van der Waals surface area contributed by atoms with Crippen molar-refractivity contribution >= 4 is 44.6 Å². The number of rotatable bonds is 6. The number of sulfone groups is 1. The lowest BCUT2D eigenvalue weighted by Gasteiger charge is -2.26. The van der Waals surface area contributed by atoms with Gasteiger partial charge in [-0.1, -0.05) is 0 Å². The highest BCUT2D eigenvalue weighted by atomic mass is 32.2. The van der Waals surface area contributed by atoms with Gasteiger partial charge in [-0.3, -0.25) is 9.59 Å². The van der Waals surface area contributed by atoms with Gasteiger partial charge in [-0.15, -0.1) is 11.3 Å². The highest BCUT2D eigenvalue weighted by Crippen LogP contribution is 2.35. The van der Waals surface area contributed by atoms with E-state index in [9.17, 15) is 41.1 Å². The predicted octanol–water partition coefficient (Wildman–Crippen LogP) is 3.58. The van der Waals surface area contributed by atoms with E-state index in [1.807, 2.05) is 0 Å². The van der Waals surface area contributed by atoms with Crippen LogP contribution >= 0.6 is 11.3 Å². The summed E-state index contributed by atoms with van der Waals surface area (Å²) in [6, 6.07) is 4.06. The molecular weight excluding hydrogens is 511 g/mol. The topological polar surface area (TPSA) is 118 Å². The number of carboxylic acids is 1. The number of hydrogen-bond donors (Lipinski definition) is 1. The van der Waals surface area contributed by atoms with Gasteiger partial charge in [0, 0.05) is 5.56 Å². The molecule has 0 radical (unpaired) electrons. The van der Waals surface area contributed by atoms with E-state index in [0.29, 0.717) is 17.0 Å². The van der Waals surface area contributed by atoms with E-state index in [4.69, 9.17) is 4.74 Å². The van der Waals surface area contributed by atoms with E-state index in [0.717, 1.165) is 36.6 Å². The molecule has 1 N–H and O–H groups in total. The van der Waals surface area contributed by atoms with Gasteiger partial charge in [-0.05, 0) is 41.3 Å². The number of halogens is 3. The maximum absolute atomic E-state index is 14.7. The SMILES string of the molecule is COc1ccc(F)c(F)c1CS(=O)(=O)c1ccc(F)c(N2C(=O)Cc3csc(C(=O)O)c3C2=O)c1. The first-order valence-corrected chi connectivity index (χ1v) is 12.2.